The predicted molar refractivity (Wildman–Crippen MR) is 115 cm³/mol. The van der Waals surface area contributed by atoms with Crippen molar-refractivity contribution in [3.05, 3.63) is 65.7 Å². The van der Waals surface area contributed by atoms with Crippen LogP contribution in [0.2, 0.25) is 0 Å². The highest BCUT2D eigenvalue weighted by Gasteiger charge is 2.11. The first kappa shape index (κ1) is 17.2. The molecule has 4 nitrogen and oxygen atoms in total. The molecule has 1 aliphatic rings. The van der Waals surface area contributed by atoms with Crippen molar-refractivity contribution in [3.8, 4) is 5.75 Å². The molecule has 0 bridgehead atoms. The van der Waals surface area contributed by atoms with E-state index < -0.39 is 0 Å². The maximum absolute atomic E-state index is 6.15. The Bertz CT molecular complexity index is 1010. The summed E-state index contributed by atoms with van der Waals surface area (Å²) in [6.45, 7) is 2.89. The number of unbranched alkanes of at least 4 members (excludes halogenated alkanes) is 1. The van der Waals surface area contributed by atoms with E-state index in [1.54, 1.807) is 0 Å². The third-order valence-electron chi connectivity index (χ3n) is 4.66. The lowest BCUT2D eigenvalue weighted by molar-refractivity contribution is 0.309. The van der Waals surface area contributed by atoms with E-state index >= 15 is 0 Å². The first-order chi connectivity index (χ1) is 13.2. The van der Waals surface area contributed by atoms with E-state index in [4.69, 9.17) is 10.5 Å². The number of anilines is 1. The van der Waals surface area contributed by atoms with Crippen LogP contribution < -0.4 is 15.8 Å². The normalized spacial score (nSPS) is 12.6. The zero-order valence-electron chi connectivity index (χ0n) is 15.4. The van der Waals surface area contributed by atoms with Crippen LogP contribution in [-0.4, -0.2) is 12.6 Å². The molecule has 0 saturated carbocycles. The van der Waals surface area contributed by atoms with Crippen LogP contribution in [0.15, 0.2) is 59.6 Å². The third kappa shape index (κ3) is 3.65. The van der Waals surface area contributed by atoms with Gasteiger partial charge in [-0.15, -0.1) is 0 Å². The minimum Gasteiger partial charge on any atom is -0.494 e. The van der Waals surface area contributed by atoms with Crippen molar-refractivity contribution in [1.29, 1.82) is 0 Å². The lowest BCUT2D eigenvalue weighted by Gasteiger charge is -2.09. The zero-order valence-corrected chi connectivity index (χ0v) is 15.4. The van der Waals surface area contributed by atoms with Gasteiger partial charge in [0.1, 0.15) is 5.75 Å². The minimum atomic E-state index is 0.362. The minimum absolute atomic E-state index is 0.362. The van der Waals surface area contributed by atoms with Gasteiger partial charge >= 0.3 is 0 Å². The summed E-state index contributed by atoms with van der Waals surface area (Å²) in [7, 11) is 0. The summed E-state index contributed by atoms with van der Waals surface area (Å²) in [5.41, 5.74) is 10.3. The number of nitrogens with two attached hydrogens (primary N) is 1. The van der Waals surface area contributed by atoms with Gasteiger partial charge in [0.05, 0.1) is 12.3 Å². The maximum atomic E-state index is 6.15. The van der Waals surface area contributed by atoms with E-state index in [1.165, 1.54) is 16.5 Å². The van der Waals surface area contributed by atoms with Gasteiger partial charge in [-0.1, -0.05) is 49.8 Å². The van der Waals surface area contributed by atoms with Gasteiger partial charge in [0, 0.05) is 11.1 Å². The number of rotatable bonds is 6. The number of ether oxygens (including phenoxy) is 1. The molecule has 0 unspecified atom stereocenters. The maximum Gasteiger partial charge on any atom is 0.198 e. The van der Waals surface area contributed by atoms with Crippen LogP contribution in [0.1, 0.15) is 30.9 Å². The van der Waals surface area contributed by atoms with Crippen molar-refractivity contribution in [1.82, 2.24) is 0 Å². The second kappa shape index (κ2) is 7.54. The van der Waals surface area contributed by atoms with Crippen LogP contribution in [0.3, 0.4) is 0 Å². The molecule has 3 aromatic carbocycles. The molecule has 0 aliphatic heterocycles. The number of hydrogen-bond donors (Lipinski definition) is 2. The molecule has 4 heteroatoms. The molecule has 0 fully saturated rings. The highest BCUT2D eigenvalue weighted by atomic mass is 16.5. The number of nitrogens with zero attached hydrogens (tertiary/aromatic N) is 1. The molecule has 0 heterocycles. The van der Waals surface area contributed by atoms with E-state index in [0.29, 0.717) is 5.96 Å². The highest BCUT2D eigenvalue weighted by Crippen LogP contribution is 2.36. The van der Waals surface area contributed by atoms with E-state index in [0.717, 1.165) is 42.0 Å². The van der Waals surface area contributed by atoms with Gasteiger partial charge in [0.15, 0.2) is 5.96 Å². The Kier molecular flexibility index (Phi) is 4.79. The van der Waals surface area contributed by atoms with Gasteiger partial charge in [-0.05, 0) is 53.3 Å². The third-order valence-corrected chi connectivity index (χ3v) is 4.66. The number of nitrogens with one attached hydrogen (secondary N) is 1. The van der Waals surface area contributed by atoms with Crippen molar-refractivity contribution in [3.63, 3.8) is 0 Å². The van der Waals surface area contributed by atoms with Crippen molar-refractivity contribution < 1.29 is 4.74 Å². The summed E-state index contributed by atoms with van der Waals surface area (Å²) in [4.78, 5) is 4.60. The molecule has 3 N–H and O–H groups in total. The van der Waals surface area contributed by atoms with Gasteiger partial charge in [0.25, 0.3) is 0 Å². The first-order valence-electron chi connectivity index (χ1n) is 9.32. The molecule has 0 atom stereocenters. The van der Waals surface area contributed by atoms with Gasteiger partial charge in [-0.2, -0.15) is 0 Å². The molecule has 0 aromatic heterocycles. The highest BCUT2D eigenvalue weighted by molar-refractivity contribution is 6.09. The fraction of sp³-hybridized carbons (Fsp3) is 0.174. The Balaban J connectivity index is 1.51. The molecule has 3 aromatic rings. The Morgan fingerprint density at radius 2 is 1.78 bits per heavy atom. The van der Waals surface area contributed by atoms with Crippen molar-refractivity contribution in [2.45, 2.75) is 19.8 Å². The summed E-state index contributed by atoms with van der Waals surface area (Å²) in [6, 6.07) is 18.1. The molecule has 4 rings (SSSR count). The molecule has 1 aliphatic carbocycles. The Morgan fingerprint density at radius 3 is 2.56 bits per heavy atom. The zero-order chi connectivity index (χ0) is 18.6. The fourth-order valence-corrected chi connectivity index (χ4v) is 3.28. The molecule has 0 radical (unpaired) electrons. The second-order valence-electron chi connectivity index (χ2n) is 6.63. The van der Waals surface area contributed by atoms with E-state index in [9.17, 15) is 0 Å². The quantitative estimate of drug-likeness (QED) is 0.270. The van der Waals surface area contributed by atoms with E-state index in [2.05, 4.69) is 53.7 Å². The van der Waals surface area contributed by atoms with Crippen LogP contribution >= 0.6 is 0 Å². The van der Waals surface area contributed by atoms with Gasteiger partial charge in [-0.3, -0.25) is 0 Å². The summed E-state index contributed by atoms with van der Waals surface area (Å²) < 4.78 is 5.68. The van der Waals surface area contributed by atoms with E-state index in [-0.39, 0.29) is 0 Å². The lowest BCUT2D eigenvalue weighted by atomic mass is 10.0. The van der Waals surface area contributed by atoms with Crippen LogP contribution in [0.4, 0.5) is 11.4 Å². The van der Waals surface area contributed by atoms with Gasteiger partial charge in [-0.25, -0.2) is 4.99 Å². The fourth-order valence-electron chi connectivity index (χ4n) is 3.28. The smallest absolute Gasteiger partial charge is 0.198 e. The Hall–Kier alpha value is -3.27. The van der Waals surface area contributed by atoms with Gasteiger partial charge < -0.3 is 15.8 Å². The molecular formula is C23H23N3O. The summed E-state index contributed by atoms with van der Waals surface area (Å²) in [6.07, 6.45) is 6.46. The van der Waals surface area contributed by atoms with Crippen LogP contribution in [0.5, 0.6) is 5.75 Å². The van der Waals surface area contributed by atoms with E-state index in [1.807, 2.05) is 30.3 Å². The number of hydrogen-bond acceptors (Lipinski definition) is 2. The molecule has 27 heavy (non-hydrogen) atoms. The predicted octanol–water partition coefficient (Wildman–Crippen LogP) is 5.56. The number of aliphatic imine (C=N–C) groups is 1. The summed E-state index contributed by atoms with van der Waals surface area (Å²) in [5.74, 6) is 1.23. The van der Waals surface area contributed by atoms with Crippen molar-refractivity contribution in [2.75, 3.05) is 11.9 Å². The van der Waals surface area contributed by atoms with Crippen molar-refractivity contribution in [2.24, 2.45) is 10.7 Å². The molecular weight excluding hydrogens is 334 g/mol. The summed E-state index contributed by atoms with van der Waals surface area (Å²) in [5, 5.41) is 5.50. The van der Waals surface area contributed by atoms with Crippen LogP contribution in [-0.2, 0) is 0 Å². The van der Waals surface area contributed by atoms with Crippen molar-refractivity contribution >= 4 is 40.3 Å². The average Bonchev–Trinajstić information content (AvgIpc) is 3.10. The molecule has 136 valence electrons. The van der Waals surface area contributed by atoms with Gasteiger partial charge in [0.2, 0.25) is 0 Å². The molecule has 0 saturated heterocycles. The molecule has 0 spiro atoms. The summed E-state index contributed by atoms with van der Waals surface area (Å²) >= 11 is 0. The van der Waals surface area contributed by atoms with Crippen LogP contribution in [0, 0.1) is 0 Å². The molecule has 0 amide bonds. The van der Waals surface area contributed by atoms with Crippen LogP contribution in [0.25, 0.3) is 22.9 Å². The topological polar surface area (TPSA) is 59.6 Å². The standard InChI is InChI=1S/C23H23N3O/c1-2-3-15-27-19-12-10-18(11-13-19)25-23(24)26-21-14-9-17-8-7-16-5-4-6-20(21)22(16)17/h4-14H,2-3,15H2,1H3,(H3,24,25,26). The number of benzene rings is 3. The SMILES string of the molecule is CCCCOc1ccc(NC(N)=Nc2ccc3c4c(cccc24)C=C3)cc1. The Morgan fingerprint density at radius 1 is 1.00 bits per heavy atom. The monoisotopic (exact) mass is 357 g/mol. The number of guanidine groups is 1. The first-order valence-corrected chi connectivity index (χ1v) is 9.32. The largest absolute Gasteiger partial charge is 0.494 e. The Labute approximate surface area is 159 Å². The average molecular weight is 357 g/mol. The lowest BCUT2D eigenvalue weighted by Crippen LogP contribution is -2.21. The second-order valence-corrected chi connectivity index (χ2v) is 6.63.